The highest BCUT2D eigenvalue weighted by Gasteiger charge is 2.39. The Labute approximate surface area is 191 Å². The van der Waals surface area contributed by atoms with Crippen LogP contribution in [0.1, 0.15) is 32.3 Å². The van der Waals surface area contributed by atoms with Crippen molar-refractivity contribution in [2.45, 2.75) is 57.3 Å². The first-order valence-electron chi connectivity index (χ1n) is 10.8. The summed E-state index contributed by atoms with van der Waals surface area (Å²) in [6.07, 6.45) is 1.04. The number of carbonyl (C=O) groups excluding carboxylic acids is 3. The zero-order valence-corrected chi connectivity index (χ0v) is 18.7. The van der Waals surface area contributed by atoms with Gasteiger partial charge in [-0.15, -0.1) is 0 Å². The van der Waals surface area contributed by atoms with Crippen LogP contribution in [0.15, 0.2) is 24.3 Å². The summed E-state index contributed by atoms with van der Waals surface area (Å²) in [5.74, 6) is -3.35. The molecule has 1 aromatic carbocycles. The number of nitrogens with two attached hydrogens (primary N) is 1. The van der Waals surface area contributed by atoms with Crippen molar-refractivity contribution in [3.8, 4) is 5.75 Å². The van der Waals surface area contributed by atoms with Gasteiger partial charge in [-0.2, -0.15) is 0 Å². The van der Waals surface area contributed by atoms with Gasteiger partial charge in [0.15, 0.2) is 0 Å². The van der Waals surface area contributed by atoms with Gasteiger partial charge in [-0.3, -0.25) is 14.4 Å². The van der Waals surface area contributed by atoms with E-state index < -0.39 is 54.5 Å². The van der Waals surface area contributed by atoms with Gasteiger partial charge in [0.1, 0.15) is 23.9 Å². The van der Waals surface area contributed by atoms with Gasteiger partial charge in [0.25, 0.3) is 0 Å². The molecule has 182 valence electrons. The number of nitrogens with one attached hydrogen (secondary N) is 2. The van der Waals surface area contributed by atoms with Crippen LogP contribution in [0.2, 0.25) is 0 Å². The molecule has 0 aromatic heterocycles. The Balaban J connectivity index is 2.01. The zero-order valence-electron chi connectivity index (χ0n) is 18.7. The van der Waals surface area contributed by atoms with Crippen molar-refractivity contribution in [3.05, 3.63) is 29.8 Å². The Kier molecular flexibility index (Phi) is 9.18. The SMILES string of the molecule is CC(C)C(NC(=O)C(CO)NC(=O)C(N)Cc1ccc(O)cc1)C(=O)N1CCCC1C(=O)O. The number of aliphatic carboxylic acids is 1. The molecule has 7 N–H and O–H groups in total. The number of hydrogen-bond acceptors (Lipinski definition) is 7. The number of likely N-dealkylation sites (tertiary alicyclic amines) is 1. The Bertz CT molecular complexity index is 859. The predicted molar refractivity (Wildman–Crippen MR) is 118 cm³/mol. The van der Waals surface area contributed by atoms with Crippen molar-refractivity contribution in [2.75, 3.05) is 13.2 Å². The molecule has 3 amide bonds. The molecule has 1 fully saturated rings. The van der Waals surface area contributed by atoms with Gasteiger partial charge in [0, 0.05) is 6.54 Å². The molecule has 0 spiro atoms. The highest BCUT2D eigenvalue weighted by molar-refractivity contribution is 5.94. The molecule has 1 heterocycles. The number of phenols is 1. The normalized spacial score (nSPS) is 18.5. The van der Waals surface area contributed by atoms with Gasteiger partial charge >= 0.3 is 5.97 Å². The summed E-state index contributed by atoms with van der Waals surface area (Å²) in [5.41, 5.74) is 6.61. The lowest BCUT2D eigenvalue weighted by Gasteiger charge is -2.30. The summed E-state index contributed by atoms with van der Waals surface area (Å²) < 4.78 is 0. The first-order chi connectivity index (χ1) is 15.5. The standard InChI is InChI=1S/C22H32N4O7/c1-12(2)18(21(31)26-9-3-4-17(26)22(32)33)25-20(30)16(11-27)24-19(29)15(23)10-13-5-7-14(28)8-6-13/h5-8,12,15-18,27-28H,3-4,9-11,23H2,1-2H3,(H,24,29)(H,25,30)(H,32,33). The number of aliphatic hydroxyl groups excluding tert-OH is 1. The molecule has 33 heavy (non-hydrogen) atoms. The largest absolute Gasteiger partial charge is 0.508 e. The molecule has 1 aromatic rings. The van der Waals surface area contributed by atoms with Crippen LogP contribution in [0.3, 0.4) is 0 Å². The van der Waals surface area contributed by atoms with Crippen molar-refractivity contribution < 1.29 is 34.5 Å². The Morgan fingerprint density at radius 2 is 1.76 bits per heavy atom. The molecule has 4 unspecified atom stereocenters. The third-order valence-corrected chi connectivity index (χ3v) is 5.60. The molecule has 1 saturated heterocycles. The number of carboxylic acids is 1. The molecule has 0 saturated carbocycles. The maximum absolute atomic E-state index is 13.0. The number of carbonyl (C=O) groups is 4. The second-order valence-corrected chi connectivity index (χ2v) is 8.48. The minimum atomic E-state index is -1.34. The fourth-order valence-electron chi connectivity index (χ4n) is 3.68. The van der Waals surface area contributed by atoms with Gasteiger partial charge < -0.3 is 36.6 Å². The molecule has 0 aliphatic carbocycles. The van der Waals surface area contributed by atoms with Crippen LogP contribution in [-0.4, -0.2) is 81.2 Å². The lowest BCUT2D eigenvalue weighted by Crippen LogP contribution is -2.59. The number of aromatic hydroxyl groups is 1. The van der Waals surface area contributed by atoms with Crippen LogP contribution in [0.25, 0.3) is 0 Å². The van der Waals surface area contributed by atoms with E-state index in [4.69, 9.17) is 5.73 Å². The summed E-state index contributed by atoms with van der Waals surface area (Å²) in [6, 6.07) is 1.83. The molecule has 11 heteroatoms. The van der Waals surface area contributed by atoms with E-state index in [0.29, 0.717) is 18.4 Å². The van der Waals surface area contributed by atoms with Crippen molar-refractivity contribution in [3.63, 3.8) is 0 Å². The van der Waals surface area contributed by atoms with Crippen LogP contribution in [0, 0.1) is 5.92 Å². The summed E-state index contributed by atoms with van der Waals surface area (Å²) in [4.78, 5) is 50.8. The summed E-state index contributed by atoms with van der Waals surface area (Å²) in [7, 11) is 0. The third kappa shape index (κ3) is 6.90. The van der Waals surface area contributed by atoms with Gasteiger partial charge in [0.2, 0.25) is 17.7 Å². The van der Waals surface area contributed by atoms with Gasteiger partial charge in [0.05, 0.1) is 12.6 Å². The van der Waals surface area contributed by atoms with E-state index >= 15 is 0 Å². The average Bonchev–Trinajstić information content (AvgIpc) is 3.26. The average molecular weight is 465 g/mol. The van der Waals surface area contributed by atoms with E-state index in [2.05, 4.69) is 10.6 Å². The maximum atomic E-state index is 13.0. The topological polar surface area (TPSA) is 182 Å². The minimum absolute atomic E-state index is 0.0756. The number of aliphatic hydroxyl groups is 1. The van der Waals surface area contributed by atoms with E-state index in [1.165, 1.54) is 17.0 Å². The number of nitrogens with zero attached hydrogens (tertiary/aromatic N) is 1. The van der Waals surface area contributed by atoms with Crippen LogP contribution in [0.4, 0.5) is 0 Å². The fraction of sp³-hybridized carbons (Fsp3) is 0.545. The van der Waals surface area contributed by atoms with E-state index in [-0.39, 0.29) is 24.6 Å². The fourth-order valence-corrected chi connectivity index (χ4v) is 3.68. The van der Waals surface area contributed by atoms with Crippen molar-refractivity contribution in [1.82, 2.24) is 15.5 Å². The highest BCUT2D eigenvalue weighted by atomic mass is 16.4. The van der Waals surface area contributed by atoms with Crippen LogP contribution in [-0.2, 0) is 25.6 Å². The van der Waals surface area contributed by atoms with Crippen molar-refractivity contribution >= 4 is 23.7 Å². The lowest BCUT2D eigenvalue weighted by molar-refractivity contribution is -0.150. The lowest BCUT2D eigenvalue weighted by atomic mass is 10.0. The first kappa shape index (κ1) is 26.1. The van der Waals surface area contributed by atoms with E-state index in [1.807, 2.05) is 0 Å². The monoisotopic (exact) mass is 464 g/mol. The third-order valence-electron chi connectivity index (χ3n) is 5.60. The van der Waals surface area contributed by atoms with E-state index in [1.54, 1.807) is 26.0 Å². The number of rotatable bonds is 10. The molecule has 1 aliphatic heterocycles. The molecule has 1 aliphatic rings. The summed E-state index contributed by atoms with van der Waals surface area (Å²) >= 11 is 0. The zero-order chi connectivity index (χ0) is 24.7. The Morgan fingerprint density at radius 1 is 1.12 bits per heavy atom. The number of benzene rings is 1. The quantitative estimate of drug-likeness (QED) is 0.254. The van der Waals surface area contributed by atoms with Crippen LogP contribution >= 0.6 is 0 Å². The Morgan fingerprint density at radius 3 is 2.30 bits per heavy atom. The number of hydrogen-bond donors (Lipinski definition) is 6. The number of phenolic OH excluding ortho intramolecular Hbond substituents is 1. The van der Waals surface area contributed by atoms with Crippen LogP contribution < -0.4 is 16.4 Å². The van der Waals surface area contributed by atoms with E-state index in [9.17, 15) is 34.5 Å². The molecule has 4 atom stereocenters. The first-order valence-corrected chi connectivity index (χ1v) is 10.8. The van der Waals surface area contributed by atoms with E-state index in [0.717, 1.165) is 0 Å². The summed E-state index contributed by atoms with van der Waals surface area (Å²) in [5, 5.41) is 33.2. The van der Waals surface area contributed by atoms with Crippen LogP contribution in [0.5, 0.6) is 5.75 Å². The summed E-state index contributed by atoms with van der Waals surface area (Å²) in [6.45, 7) is 2.97. The van der Waals surface area contributed by atoms with Gasteiger partial charge in [-0.05, 0) is 42.9 Å². The Hall–Kier alpha value is -3.18. The molecule has 0 bridgehead atoms. The maximum Gasteiger partial charge on any atom is 0.326 e. The molecular formula is C22H32N4O7. The van der Waals surface area contributed by atoms with Crippen molar-refractivity contribution in [2.24, 2.45) is 11.7 Å². The second kappa shape index (κ2) is 11.6. The van der Waals surface area contributed by atoms with Crippen molar-refractivity contribution in [1.29, 1.82) is 0 Å². The second-order valence-electron chi connectivity index (χ2n) is 8.48. The van der Waals surface area contributed by atoms with Gasteiger partial charge in [-0.1, -0.05) is 26.0 Å². The molecule has 0 radical (unpaired) electrons. The molecular weight excluding hydrogens is 432 g/mol. The van der Waals surface area contributed by atoms with Gasteiger partial charge in [-0.25, -0.2) is 4.79 Å². The molecule has 2 rings (SSSR count). The smallest absolute Gasteiger partial charge is 0.326 e. The predicted octanol–water partition coefficient (Wildman–Crippen LogP) is -1.04. The number of carboxylic acid groups (broad SMARTS) is 1. The molecule has 11 nitrogen and oxygen atoms in total. The minimum Gasteiger partial charge on any atom is -0.508 e. The highest BCUT2D eigenvalue weighted by Crippen LogP contribution is 2.20. The number of amides is 3.